The van der Waals surface area contributed by atoms with Crippen LogP contribution in [0.2, 0.25) is 0 Å². The fraction of sp³-hybridized carbons (Fsp3) is 0.357. The van der Waals surface area contributed by atoms with E-state index < -0.39 is 24.8 Å². The van der Waals surface area contributed by atoms with Crippen molar-refractivity contribution in [3.05, 3.63) is 96.6 Å². The summed E-state index contributed by atoms with van der Waals surface area (Å²) in [6.07, 6.45) is -1.04. The molecule has 0 aliphatic carbocycles. The molecular weight excluding hydrogens is 432 g/mol. The Hall–Kier alpha value is -2.58. The molecule has 2 heterocycles. The van der Waals surface area contributed by atoms with Crippen molar-refractivity contribution in [1.82, 2.24) is 0 Å². The van der Waals surface area contributed by atoms with E-state index >= 15 is 0 Å². The van der Waals surface area contributed by atoms with Gasteiger partial charge >= 0.3 is 0 Å². The van der Waals surface area contributed by atoms with Gasteiger partial charge in [0.2, 0.25) is 0 Å². The van der Waals surface area contributed by atoms with E-state index in [2.05, 4.69) is 36.9 Å². The normalized spacial score (nSPS) is 29.0. The van der Waals surface area contributed by atoms with Crippen LogP contribution >= 0.6 is 0 Å². The number of benzene rings is 3. The number of rotatable bonds is 8. The fourth-order valence-corrected chi connectivity index (χ4v) is 4.58. The summed E-state index contributed by atoms with van der Waals surface area (Å²) < 4.78 is 36.8. The minimum Gasteiger partial charge on any atom is -0.368 e. The topological polar surface area (TPSA) is 55.4 Å². The van der Waals surface area contributed by atoms with Crippen LogP contribution in [0.1, 0.15) is 17.4 Å². The fourth-order valence-electron chi connectivity index (χ4n) is 4.58. The zero-order chi connectivity index (χ0) is 23.3. The molecule has 1 unspecified atom stereocenters. The maximum absolute atomic E-state index is 6.51. The maximum atomic E-state index is 6.51. The van der Waals surface area contributed by atoms with Gasteiger partial charge in [-0.1, -0.05) is 72.8 Å². The van der Waals surface area contributed by atoms with Crippen LogP contribution < -0.4 is 0 Å². The van der Waals surface area contributed by atoms with Gasteiger partial charge in [0.1, 0.15) is 24.4 Å². The van der Waals surface area contributed by atoms with E-state index in [4.69, 9.17) is 28.4 Å². The summed E-state index contributed by atoms with van der Waals surface area (Å²) in [6.45, 7) is 4.90. The molecule has 6 nitrogen and oxygen atoms in total. The Bertz CT molecular complexity index is 1090. The van der Waals surface area contributed by atoms with Crippen molar-refractivity contribution in [2.24, 2.45) is 0 Å². The molecule has 6 heteroatoms. The molecule has 0 saturated carbocycles. The van der Waals surface area contributed by atoms with Gasteiger partial charge in [0.25, 0.3) is 0 Å². The van der Waals surface area contributed by atoms with E-state index in [1.54, 1.807) is 13.2 Å². The van der Waals surface area contributed by atoms with Crippen LogP contribution in [0, 0.1) is 0 Å². The molecule has 2 aliphatic heterocycles. The Balaban J connectivity index is 1.39. The Morgan fingerprint density at radius 1 is 0.912 bits per heavy atom. The van der Waals surface area contributed by atoms with Gasteiger partial charge in [-0.05, 0) is 22.4 Å². The highest BCUT2D eigenvalue weighted by molar-refractivity contribution is 5.82. The second kappa shape index (κ2) is 10.8. The van der Waals surface area contributed by atoms with Crippen molar-refractivity contribution in [1.29, 1.82) is 0 Å². The molecule has 0 bridgehead atoms. The molecule has 0 radical (unpaired) electrons. The first-order valence-corrected chi connectivity index (χ1v) is 11.6. The molecule has 6 atom stereocenters. The van der Waals surface area contributed by atoms with E-state index in [1.807, 2.05) is 42.5 Å². The first-order valence-electron chi connectivity index (χ1n) is 11.6. The van der Waals surface area contributed by atoms with Gasteiger partial charge in [-0.3, -0.25) is 0 Å². The van der Waals surface area contributed by atoms with Gasteiger partial charge in [0, 0.05) is 12.7 Å². The summed E-state index contributed by atoms with van der Waals surface area (Å²) in [5, 5.41) is 2.37. The number of hydrogen-bond donors (Lipinski definition) is 0. The molecule has 2 aliphatic rings. The lowest BCUT2D eigenvalue weighted by molar-refractivity contribution is -0.367. The Labute approximate surface area is 200 Å². The van der Waals surface area contributed by atoms with E-state index in [0.29, 0.717) is 19.8 Å². The second-order valence-electron chi connectivity index (χ2n) is 8.50. The highest BCUT2D eigenvalue weighted by Gasteiger charge is 2.51. The molecular formula is C28H30O6. The Morgan fingerprint density at radius 2 is 1.71 bits per heavy atom. The highest BCUT2D eigenvalue weighted by Crippen LogP contribution is 2.37. The van der Waals surface area contributed by atoms with Gasteiger partial charge in [0.15, 0.2) is 12.6 Å². The van der Waals surface area contributed by atoms with Crippen molar-refractivity contribution in [3.8, 4) is 0 Å². The first-order chi connectivity index (χ1) is 16.8. The summed E-state index contributed by atoms with van der Waals surface area (Å²) >= 11 is 0. The van der Waals surface area contributed by atoms with Crippen LogP contribution in [-0.2, 0) is 35.0 Å². The Kier molecular flexibility index (Phi) is 7.35. The number of hydrogen-bond acceptors (Lipinski definition) is 6. The molecule has 34 heavy (non-hydrogen) atoms. The average Bonchev–Trinajstić information content (AvgIpc) is 2.90. The van der Waals surface area contributed by atoms with Crippen LogP contribution in [-0.4, -0.2) is 51.0 Å². The quantitative estimate of drug-likeness (QED) is 0.449. The van der Waals surface area contributed by atoms with Gasteiger partial charge in [-0.15, -0.1) is 6.58 Å². The van der Waals surface area contributed by atoms with Crippen LogP contribution in [0.5, 0.6) is 0 Å². The van der Waals surface area contributed by atoms with Crippen molar-refractivity contribution in [2.75, 3.05) is 20.3 Å². The summed E-state index contributed by atoms with van der Waals surface area (Å²) in [5.74, 6) is 0. The summed E-state index contributed by atoms with van der Waals surface area (Å²) in [5.41, 5.74) is 2.02. The van der Waals surface area contributed by atoms with Crippen LogP contribution in [0.3, 0.4) is 0 Å². The van der Waals surface area contributed by atoms with Crippen molar-refractivity contribution in [3.63, 3.8) is 0 Å². The lowest BCUT2D eigenvalue weighted by Gasteiger charge is -2.48. The molecule has 0 aromatic heterocycles. The molecule has 0 amide bonds. The van der Waals surface area contributed by atoms with Gasteiger partial charge in [0.05, 0.1) is 19.8 Å². The van der Waals surface area contributed by atoms with Crippen molar-refractivity contribution >= 4 is 10.8 Å². The zero-order valence-corrected chi connectivity index (χ0v) is 19.2. The van der Waals surface area contributed by atoms with E-state index in [1.165, 1.54) is 10.8 Å². The third kappa shape index (κ3) is 4.93. The average molecular weight is 463 g/mol. The first kappa shape index (κ1) is 23.2. The number of ether oxygens (including phenoxy) is 6. The molecule has 0 N–H and O–H groups in total. The predicted octanol–water partition coefficient (Wildman–Crippen LogP) is 4.78. The Morgan fingerprint density at radius 3 is 2.50 bits per heavy atom. The standard InChI is InChI=1S/C28H30O6/c1-3-15-30-26-25(31-17-19-13-14-20-9-7-8-12-22(20)16-19)24-23(33-28(26)29-2)18-32-27(34-24)21-10-5-4-6-11-21/h3-14,16,23-28H,1,15,17-18H2,2H3/t23-,24-,25+,26-,27?,28+/m1/s1. The summed E-state index contributed by atoms with van der Waals surface area (Å²) in [7, 11) is 1.60. The van der Waals surface area contributed by atoms with Crippen LogP contribution in [0.4, 0.5) is 0 Å². The van der Waals surface area contributed by atoms with Gasteiger partial charge < -0.3 is 28.4 Å². The monoisotopic (exact) mass is 462 g/mol. The summed E-state index contributed by atoms with van der Waals surface area (Å²) in [4.78, 5) is 0. The second-order valence-corrected chi connectivity index (χ2v) is 8.50. The lowest BCUT2D eigenvalue weighted by atomic mass is 9.97. The largest absolute Gasteiger partial charge is 0.368 e. The van der Waals surface area contributed by atoms with Crippen LogP contribution in [0.25, 0.3) is 10.8 Å². The molecule has 2 fully saturated rings. The highest BCUT2D eigenvalue weighted by atomic mass is 16.8. The minimum atomic E-state index is -0.608. The molecule has 178 valence electrons. The predicted molar refractivity (Wildman–Crippen MR) is 128 cm³/mol. The molecule has 3 aromatic carbocycles. The van der Waals surface area contributed by atoms with Crippen LogP contribution in [0.15, 0.2) is 85.5 Å². The lowest BCUT2D eigenvalue weighted by Crippen LogP contribution is -2.63. The molecule has 5 rings (SSSR count). The molecule has 3 aromatic rings. The SMILES string of the molecule is C=CCO[C@H]1[C@@H](OC)O[C@@H]2COC(c3ccccc3)O[C@H]2[C@@H]1OCc1ccc2ccccc2c1. The zero-order valence-electron chi connectivity index (χ0n) is 19.2. The molecule has 2 saturated heterocycles. The minimum absolute atomic E-state index is 0.338. The van der Waals surface area contributed by atoms with Crippen molar-refractivity contribution in [2.45, 2.75) is 43.6 Å². The van der Waals surface area contributed by atoms with Crippen molar-refractivity contribution < 1.29 is 28.4 Å². The summed E-state index contributed by atoms with van der Waals surface area (Å²) in [6, 6.07) is 24.5. The maximum Gasteiger partial charge on any atom is 0.186 e. The van der Waals surface area contributed by atoms with E-state index in [-0.39, 0.29) is 12.2 Å². The molecule has 0 spiro atoms. The smallest absolute Gasteiger partial charge is 0.186 e. The third-order valence-corrected chi connectivity index (χ3v) is 6.25. The van der Waals surface area contributed by atoms with Gasteiger partial charge in [-0.25, -0.2) is 0 Å². The van der Waals surface area contributed by atoms with E-state index in [0.717, 1.165) is 11.1 Å². The third-order valence-electron chi connectivity index (χ3n) is 6.25. The van der Waals surface area contributed by atoms with Gasteiger partial charge in [-0.2, -0.15) is 0 Å². The van der Waals surface area contributed by atoms with E-state index in [9.17, 15) is 0 Å². The number of methoxy groups -OCH3 is 1. The number of fused-ring (bicyclic) bond motifs is 2.